The molecule has 1 aliphatic rings. The summed E-state index contributed by atoms with van der Waals surface area (Å²) in [5.41, 5.74) is 9.57. The number of fused-ring (bicyclic) bond motifs is 1. The van der Waals surface area contributed by atoms with Crippen LogP contribution in [-0.2, 0) is 6.42 Å². The van der Waals surface area contributed by atoms with E-state index < -0.39 is 0 Å². The number of ether oxygens (including phenoxy) is 1. The third kappa shape index (κ3) is 3.75. The summed E-state index contributed by atoms with van der Waals surface area (Å²) < 4.78 is 10.7. The van der Waals surface area contributed by atoms with Gasteiger partial charge in [0.25, 0.3) is 11.6 Å². The molecule has 0 aliphatic heterocycles. The molecule has 1 fully saturated rings. The summed E-state index contributed by atoms with van der Waals surface area (Å²) >= 11 is 0. The Morgan fingerprint density at radius 2 is 2.14 bits per heavy atom. The van der Waals surface area contributed by atoms with Crippen molar-refractivity contribution in [2.45, 2.75) is 38.5 Å². The molecule has 3 aromatic rings. The Labute approximate surface area is 169 Å². The van der Waals surface area contributed by atoms with Gasteiger partial charge in [0.2, 0.25) is 0 Å². The maximum absolute atomic E-state index is 13.1. The molecular formula is C20H23ClN4O3. The van der Waals surface area contributed by atoms with E-state index in [1.165, 1.54) is 0 Å². The molecule has 8 heteroatoms. The van der Waals surface area contributed by atoms with Crippen LogP contribution in [0.5, 0.6) is 5.75 Å². The van der Waals surface area contributed by atoms with E-state index in [-0.39, 0.29) is 18.3 Å². The van der Waals surface area contributed by atoms with E-state index in [0.717, 1.165) is 37.1 Å². The number of pyridine rings is 1. The van der Waals surface area contributed by atoms with E-state index in [1.54, 1.807) is 25.3 Å². The summed E-state index contributed by atoms with van der Waals surface area (Å²) in [5, 5.41) is 7.72. The van der Waals surface area contributed by atoms with Crippen LogP contribution in [0.1, 0.15) is 53.8 Å². The SMILES string of the molecule is CCCc1noc2nc(C3CC3)cc(C(=O)Nc3cc(OC)ccc3N)c12.Cl. The number of carbonyl (C=O) groups is 1. The smallest absolute Gasteiger partial charge is 0.259 e. The van der Waals surface area contributed by atoms with E-state index in [1.807, 2.05) is 6.07 Å². The van der Waals surface area contributed by atoms with E-state index in [2.05, 4.69) is 22.4 Å². The van der Waals surface area contributed by atoms with Gasteiger partial charge in [0, 0.05) is 17.7 Å². The highest BCUT2D eigenvalue weighted by Crippen LogP contribution is 2.40. The van der Waals surface area contributed by atoms with Crippen LogP contribution in [0.15, 0.2) is 28.8 Å². The number of nitrogens with two attached hydrogens (primary N) is 1. The van der Waals surface area contributed by atoms with Crippen molar-refractivity contribution < 1.29 is 14.1 Å². The van der Waals surface area contributed by atoms with Crippen LogP contribution in [0.25, 0.3) is 11.1 Å². The van der Waals surface area contributed by atoms with Crippen LogP contribution in [0, 0.1) is 0 Å². The highest BCUT2D eigenvalue weighted by Gasteiger charge is 2.29. The van der Waals surface area contributed by atoms with Gasteiger partial charge >= 0.3 is 0 Å². The molecule has 0 saturated heterocycles. The third-order valence-electron chi connectivity index (χ3n) is 4.77. The zero-order valence-electron chi connectivity index (χ0n) is 15.8. The molecule has 1 amide bonds. The van der Waals surface area contributed by atoms with Gasteiger partial charge in [-0.25, -0.2) is 4.98 Å². The second-order valence-electron chi connectivity index (χ2n) is 6.84. The predicted molar refractivity (Wildman–Crippen MR) is 110 cm³/mol. The zero-order chi connectivity index (χ0) is 19.0. The molecule has 0 atom stereocenters. The van der Waals surface area contributed by atoms with E-state index in [4.69, 9.17) is 15.0 Å². The number of nitrogen functional groups attached to an aromatic ring is 1. The molecular weight excluding hydrogens is 380 g/mol. The Morgan fingerprint density at radius 3 is 2.82 bits per heavy atom. The Kier molecular flexibility index (Phi) is 5.74. The van der Waals surface area contributed by atoms with E-state index in [9.17, 15) is 4.79 Å². The first kappa shape index (κ1) is 19.9. The molecule has 2 aromatic heterocycles. The quantitative estimate of drug-likeness (QED) is 0.595. The Hall–Kier alpha value is -2.80. The number of amides is 1. The monoisotopic (exact) mass is 402 g/mol. The lowest BCUT2D eigenvalue weighted by atomic mass is 10.0. The number of halogens is 1. The summed E-state index contributed by atoms with van der Waals surface area (Å²) in [4.78, 5) is 17.7. The lowest BCUT2D eigenvalue weighted by Gasteiger charge is -2.11. The van der Waals surface area contributed by atoms with Gasteiger partial charge in [-0.05, 0) is 37.5 Å². The standard InChI is InChI=1S/C20H22N4O3.ClH/c1-3-4-15-18-13(10-16(11-5-6-11)23-20(18)27-24-15)19(25)22-17-9-12(26-2)7-8-14(17)21;/h7-11H,3-6,21H2,1-2H3,(H,22,25);1H. The second kappa shape index (κ2) is 8.06. The van der Waals surface area contributed by atoms with Crippen molar-refractivity contribution in [2.24, 2.45) is 0 Å². The summed E-state index contributed by atoms with van der Waals surface area (Å²) in [5.74, 6) is 0.752. The second-order valence-corrected chi connectivity index (χ2v) is 6.84. The topological polar surface area (TPSA) is 103 Å². The van der Waals surface area contributed by atoms with Crippen LogP contribution in [0.4, 0.5) is 11.4 Å². The number of rotatable bonds is 6. The highest BCUT2D eigenvalue weighted by molar-refractivity contribution is 6.13. The number of hydrogen-bond donors (Lipinski definition) is 2. The largest absolute Gasteiger partial charge is 0.497 e. The van der Waals surface area contributed by atoms with Crippen molar-refractivity contribution >= 4 is 40.8 Å². The minimum atomic E-state index is -0.259. The molecule has 0 radical (unpaired) electrons. The summed E-state index contributed by atoms with van der Waals surface area (Å²) in [6, 6.07) is 7.02. The predicted octanol–water partition coefficient (Wildman–Crippen LogP) is 4.32. The lowest BCUT2D eigenvalue weighted by Crippen LogP contribution is -2.15. The third-order valence-corrected chi connectivity index (χ3v) is 4.77. The van der Waals surface area contributed by atoms with Gasteiger partial charge in [0.05, 0.1) is 35.1 Å². The molecule has 0 unspecified atom stereocenters. The van der Waals surface area contributed by atoms with Crippen LogP contribution < -0.4 is 15.8 Å². The normalized spacial score (nSPS) is 13.2. The molecule has 28 heavy (non-hydrogen) atoms. The molecule has 0 spiro atoms. The van der Waals surface area contributed by atoms with Crippen molar-refractivity contribution in [3.8, 4) is 5.75 Å². The summed E-state index contributed by atoms with van der Waals surface area (Å²) in [6.45, 7) is 2.06. The highest BCUT2D eigenvalue weighted by atomic mass is 35.5. The molecule has 1 aliphatic carbocycles. The fourth-order valence-electron chi connectivity index (χ4n) is 3.16. The first-order chi connectivity index (χ1) is 13.1. The Bertz CT molecular complexity index is 1010. The average Bonchev–Trinajstić information content (AvgIpc) is 3.45. The molecule has 1 aromatic carbocycles. The number of nitrogens with one attached hydrogen (secondary N) is 1. The summed E-state index contributed by atoms with van der Waals surface area (Å²) in [7, 11) is 1.57. The fourth-order valence-corrected chi connectivity index (χ4v) is 3.16. The average molecular weight is 403 g/mol. The number of anilines is 2. The van der Waals surface area contributed by atoms with Crippen LogP contribution in [0.2, 0.25) is 0 Å². The minimum Gasteiger partial charge on any atom is -0.497 e. The van der Waals surface area contributed by atoms with Crippen molar-refractivity contribution in [1.29, 1.82) is 0 Å². The van der Waals surface area contributed by atoms with Crippen LogP contribution in [0.3, 0.4) is 0 Å². The molecule has 2 heterocycles. The van der Waals surface area contributed by atoms with Crippen LogP contribution in [-0.4, -0.2) is 23.2 Å². The molecule has 148 valence electrons. The van der Waals surface area contributed by atoms with Crippen molar-refractivity contribution in [3.63, 3.8) is 0 Å². The number of methoxy groups -OCH3 is 1. The first-order valence-corrected chi connectivity index (χ1v) is 9.14. The van der Waals surface area contributed by atoms with Gasteiger partial charge in [-0.1, -0.05) is 18.5 Å². The van der Waals surface area contributed by atoms with Crippen molar-refractivity contribution in [3.05, 3.63) is 41.2 Å². The molecule has 7 nitrogen and oxygen atoms in total. The lowest BCUT2D eigenvalue weighted by molar-refractivity contribution is 0.102. The van der Waals surface area contributed by atoms with Crippen molar-refractivity contribution in [2.75, 3.05) is 18.2 Å². The van der Waals surface area contributed by atoms with Gasteiger partial charge in [-0.3, -0.25) is 4.79 Å². The summed E-state index contributed by atoms with van der Waals surface area (Å²) in [6.07, 6.45) is 3.78. The maximum atomic E-state index is 13.1. The van der Waals surface area contributed by atoms with Gasteiger partial charge in [-0.2, -0.15) is 0 Å². The number of carbonyl (C=O) groups excluding carboxylic acids is 1. The number of aryl methyl sites for hydroxylation is 1. The van der Waals surface area contributed by atoms with Crippen LogP contribution >= 0.6 is 12.4 Å². The number of nitrogens with zero attached hydrogens (tertiary/aromatic N) is 2. The first-order valence-electron chi connectivity index (χ1n) is 9.14. The molecule has 1 saturated carbocycles. The number of benzene rings is 1. The van der Waals surface area contributed by atoms with E-state index >= 15 is 0 Å². The van der Waals surface area contributed by atoms with Gasteiger partial charge < -0.3 is 20.3 Å². The fraction of sp³-hybridized carbons (Fsp3) is 0.350. The minimum absolute atomic E-state index is 0. The number of aromatic nitrogens is 2. The maximum Gasteiger partial charge on any atom is 0.259 e. The van der Waals surface area contributed by atoms with Crippen molar-refractivity contribution in [1.82, 2.24) is 10.1 Å². The van der Waals surface area contributed by atoms with Gasteiger partial charge in [-0.15, -0.1) is 12.4 Å². The van der Waals surface area contributed by atoms with E-state index in [0.29, 0.717) is 39.7 Å². The van der Waals surface area contributed by atoms with Gasteiger partial charge in [0.15, 0.2) is 0 Å². The van der Waals surface area contributed by atoms with Gasteiger partial charge in [0.1, 0.15) is 5.75 Å². The number of hydrogen-bond acceptors (Lipinski definition) is 6. The molecule has 0 bridgehead atoms. The molecule has 4 rings (SSSR count). The Morgan fingerprint density at radius 1 is 1.36 bits per heavy atom. The Balaban J connectivity index is 0.00000225. The zero-order valence-corrected chi connectivity index (χ0v) is 16.6. The molecule has 3 N–H and O–H groups in total.